The van der Waals surface area contributed by atoms with Crippen LogP contribution < -0.4 is 9.64 Å². The summed E-state index contributed by atoms with van der Waals surface area (Å²) in [6, 6.07) is 18.9. The summed E-state index contributed by atoms with van der Waals surface area (Å²) in [6.07, 6.45) is 0. The quantitative estimate of drug-likeness (QED) is 0.845. The lowest BCUT2D eigenvalue weighted by atomic mass is 10.2. The molecule has 0 amide bonds. The van der Waals surface area contributed by atoms with E-state index in [4.69, 9.17) is 4.74 Å². The monoisotopic (exact) mass is 242 g/mol. The molecule has 2 nitrogen and oxygen atoms in total. The maximum absolute atomic E-state index is 5.16. The predicted octanol–water partition coefficient (Wildman–Crippen LogP) is 1.91. The van der Waals surface area contributed by atoms with Gasteiger partial charge >= 0.3 is 0 Å². The lowest BCUT2D eigenvalue weighted by Crippen LogP contribution is -3.06. The van der Waals surface area contributed by atoms with Crippen LogP contribution >= 0.6 is 0 Å². The van der Waals surface area contributed by atoms with Gasteiger partial charge in [0.1, 0.15) is 18.8 Å². The molecule has 18 heavy (non-hydrogen) atoms. The Balaban J connectivity index is 1.92. The molecule has 0 aliphatic heterocycles. The normalized spacial score (nSPS) is 12.1. The molecule has 0 saturated heterocycles. The minimum absolute atomic E-state index is 0.916. The zero-order valence-corrected chi connectivity index (χ0v) is 11.0. The van der Waals surface area contributed by atoms with Crippen molar-refractivity contribution in [1.82, 2.24) is 0 Å². The zero-order chi connectivity index (χ0) is 12.8. The third-order valence-corrected chi connectivity index (χ3v) is 3.01. The van der Waals surface area contributed by atoms with Crippen LogP contribution in [0.25, 0.3) is 0 Å². The number of quaternary nitrogens is 1. The van der Waals surface area contributed by atoms with E-state index in [0.717, 1.165) is 18.8 Å². The Kier molecular flexibility index (Phi) is 4.37. The second-order valence-corrected chi connectivity index (χ2v) is 4.64. The average Bonchev–Trinajstić information content (AvgIpc) is 2.40. The summed E-state index contributed by atoms with van der Waals surface area (Å²) in [5.74, 6) is 0.916. The number of ether oxygens (including phenoxy) is 1. The molecule has 0 bridgehead atoms. The lowest BCUT2D eigenvalue weighted by Gasteiger charge is -2.14. The smallest absolute Gasteiger partial charge is 0.118 e. The maximum atomic E-state index is 5.16. The van der Waals surface area contributed by atoms with Gasteiger partial charge in [0.15, 0.2) is 0 Å². The number of methoxy groups -OCH3 is 1. The van der Waals surface area contributed by atoms with Crippen molar-refractivity contribution in [2.75, 3.05) is 14.2 Å². The van der Waals surface area contributed by atoms with Crippen molar-refractivity contribution in [1.29, 1.82) is 0 Å². The standard InChI is InChI=1S/C16H19NO/c1-17(12-14-6-4-3-5-7-14)13-15-8-10-16(18-2)11-9-15/h3-11H,12-13H2,1-2H3/p+1. The van der Waals surface area contributed by atoms with Crippen LogP contribution in [0.2, 0.25) is 0 Å². The summed E-state index contributed by atoms with van der Waals surface area (Å²) in [7, 11) is 3.92. The highest BCUT2D eigenvalue weighted by atomic mass is 16.5. The largest absolute Gasteiger partial charge is 0.497 e. The Morgan fingerprint density at radius 3 is 1.94 bits per heavy atom. The summed E-state index contributed by atoms with van der Waals surface area (Å²) in [5.41, 5.74) is 2.72. The number of hydrogen-bond acceptors (Lipinski definition) is 1. The zero-order valence-electron chi connectivity index (χ0n) is 11.0. The Morgan fingerprint density at radius 2 is 1.39 bits per heavy atom. The first-order valence-corrected chi connectivity index (χ1v) is 6.26. The number of benzene rings is 2. The van der Waals surface area contributed by atoms with Gasteiger partial charge in [-0.2, -0.15) is 0 Å². The first kappa shape index (κ1) is 12.7. The first-order valence-electron chi connectivity index (χ1n) is 6.26. The highest BCUT2D eigenvalue weighted by Crippen LogP contribution is 2.10. The Morgan fingerprint density at radius 1 is 0.833 bits per heavy atom. The van der Waals surface area contributed by atoms with Crippen molar-refractivity contribution in [2.24, 2.45) is 0 Å². The minimum atomic E-state index is 0.916. The van der Waals surface area contributed by atoms with Crippen molar-refractivity contribution in [2.45, 2.75) is 13.1 Å². The molecular formula is C16H20NO+. The van der Waals surface area contributed by atoms with Crippen LogP contribution in [0.4, 0.5) is 0 Å². The van der Waals surface area contributed by atoms with E-state index in [-0.39, 0.29) is 0 Å². The summed E-state index contributed by atoms with van der Waals surface area (Å²) < 4.78 is 5.16. The van der Waals surface area contributed by atoms with Crippen molar-refractivity contribution in [3.63, 3.8) is 0 Å². The lowest BCUT2D eigenvalue weighted by molar-refractivity contribution is -0.907. The van der Waals surface area contributed by atoms with Crippen LogP contribution in [0.3, 0.4) is 0 Å². The fourth-order valence-electron chi connectivity index (χ4n) is 2.10. The first-order chi connectivity index (χ1) is 8.78. The van der Waals surface area contributed by atoms with Gasteiger partial charge in [-0.05, 0) is 24.3 Å². The Hall–Kier alpha value is -1.80. The van der Waals surface area contributed by atoms with Crippen molar-refractivity contribution >= 4 is 0 Å². The van der Waals surface area contributed by atoms with Crippen LogP contribution in [0.5, 0.6) is 5.75 Å². The predicted molar refractivity (Wildman–Crippen MR) is 73.7 cm³/mol. The molecule has 0 radical (unpaired) electrons. The van der Waals surface area contributed by atoms with Gasteiger partial charge in [0.05, 0.1) is 14.2 Å². The maximum Gasteiger partial charge on any atom is 0.118 e. The van der Waals surface area contributed by atoms with Crippen LogP contribution in [-0.4, -0.2) is 14.2 Å². The number of hydrogen-bond donors (Lipinski definition) is 1. The van der Waals surface area contributed by atoms with E-state index in [1.54, 1.807) is 7.11 Å². The van der Waals surface area contributed by atoms with Crippen molar-refractivity contribution < 1.29 is 9.64 Å². The molecule has 0 saturated carbocycles. The van der Waals surface area contributed by atoms with E-state index < -0.39 is 0 Å². The Bertz CT molecular complexity index is 464. The third kappa shape index (κ3) is 3.60. The molecule has 2 aromatic rings. The van der Waals surface area contributed by atoms with Gasteiger partial charge < -0.3 is 9.64 Å². The minimum Gasteiger partial charge on any atom is -0.497 e. The van der Waals surface area contributed by atoms with Crippen LogP contribution in [0.15, 0.2) is 54.6 Å². The van der Waals surface area contributed by atoms with Gasteiger partial charge in [-0.25, -0.2) is 0 Å². The molecule has 1 N–H and O–H groups in total. The van der Waals surface area contributed by atoms with Gasteiger partial charge in [-0.3, -0.25) is 0 Å². The van der Waals surface area contributed by atoms with Gasteiger partial charge in [0.2, 0.25) is 0 Å². The average molecular weight is 242 g/mol. The van der Waals surface area contributed by atoms with Crippen molar-refractivity contribution in [3.05, 3.63) is 65.7 Å². The van der Waals surface area contributed by atoms with Crippen LogP contribution in [-0.2, 0) is 13.1 Å². The molecule has 94 valence electrons. The van der Waals surface area contributed by atoms with E-state index in [1.165, 1.54) is 16.0 Å². The van der Waals surface area contributed by atoms with Gasteiger partial charge in [-0.1, -0.05) is 30.3 Å². The molecule has 2 rings (SSSR count). The number of nitrogens with one attached hydrogen (secondary N) is 1. The fourth-order valence-corrected chi connectivity index (χ4v) is 2.10. The topological polar surface area (TPSA) is 13.7 Å². The molecule has 0 fully saturated rings. The summed E-state index contributed by atoms with van der Waals surface area (Å²) in [4.78, 5) is 1.48. The molecular weight excluding hydrogens is 222 g/mol. The van der Waals surface area contributed by atoms with Crippen molar-refractivity contribution in [3.8, 4) is 5.75 Å². The molecule has 1 unspecified atom stereocenters. The van der Waals surface area contributed by atoms with E-state index in [1.807, 2.05) is 12.1 Å². The highest BCUT2D eigenvalue weighted by molar-refractivity contribution is 5.26. The molecule has 0 aliphatic carbocycles. The third-order valence-electron chi connectivity index (χ3n) is 3.01. The van der Waals surface area contributed by atoms with E-state index >= 15 is 0 Å². The number of rotatable bonds is 5. The van der Waals surface area contributed by atoms with Crippen LogP contribution in [0.1, 0.15) is 11.1 Å². The van der Waals surface area contributed by atoms with E-state index in [9.17, 15) is 0 Å². The molecule has 1 atom stereocenters. The molecule has 2 aromatic carbocycles. The van der Waals surface area contributed by atoms with E-state index in [0.29, 0.717) is 0 Å². The second kappa shape index (κ2) is 6.22. The molecule has 0 aromatic heterocycles. The van der Waals surface area contributed by atoms with Gasteiger partial charge in [0.25, 0.3) is 0 Å². The van der Waals surface area contributed by atoms with E-state index in [2.05, 4.69) is 49.5 Å². The highest BCUT2D eigenvalue weighted by Gasteiger charge is 2.05. The summed E-state index contributed by atoms with van der Waals surface area (Å²) in [6.45, 7) is 2.08. The summed E-state index contributed by atoms with van der Waals surface area (Å²) >= 11 is 0. The second-order valence-electron chi connectivity index (χ2n) is 4.64. The molecule has 0 aliphatic rings. The summed E-state index contributed by atoms with van der Waals surface area (Å²) in [5, 5.41) is 0. The molecule has 0 spiro atoms. The molecule has 0 heterocycles. The van der Waals surface area contributed by atoms with Gasteiger partial charge in [0, 0.05) is 11.1 Å². The SMILES string of the molecule is COc1ccc(C[NH+](C)Cc2ccccc2)cc1. The Labute approximate surface area is 109 Å². The van der Waals surface area contributed by atoms with Gasteiger partial charge in [-0.15, -0.1) is 0 Å². The molecule has 2 heteroatoms. The van der Waals surface area contributed by atoms with Crippen LogP contribution in [0, 0.1) is 0 Å². The fraction of sp³-hybridized carbons (Fsp3) is 0.250.